The first-order valence-corrected chi connectivity index (χ1v) is 8.15. The molecule has 0 aromatic heterocycles. The number of aliphatic hydroxyl groups is 1. The highest BCUT2D eigenvalue weighted by Gasteiger charge is 2.21. The summed E-state index contributed by atoms with van der Waals surface area (Å²) < 4.78 is 24.5. The zero-order valence-corrected chi connectivity index (χ0v) is 12.7. The smallest absolute Gasteiger partial charge is 0.253 e. The minimum atomic E-state index is -3.55. The van der Waals surface area contributed by atoms with Gasteiger partial charge >= 0.3 is 0 Å². The van der Waals surface area contributed by atoms with E-state index < -0.39 is 10.0 Å². The topological polar surface area (TPSA) is 72.9 Å². The van der Waals surface area contributed by atoms with Crippen LogP contribution in [-0.2, 0) is 10.0 Å². The molecular weight excluding hydrogens is 290 g/mol. The van der Waals surface area contributed by atoms with Crippen LogP contribution in [0.15, 0.2) is 29.2 Å². The number of benzene rings is 1. The molecule has 0 aliphatic carbocycles. The normalized spacial score (nSPS) is 17.2. The molecule has 21 heavy (non-hydrogen) atoms. The number of rotatable bonds is 3. The Bertz CT molecular complexity index is 624. The fraction of sp³-hybridized carbons (Fsp3) is 0.429. The Morgan fingerprint density at radius 2 is 1.81 bits per heavy atom. The van der Waals surface area contributed by atoms with E-state index in [0.717, 1.165) is 13.1 Å². The second-order valence-electron chi connectivity index (χ2n) is 4.87. The molecule has 0 bridgehead atoms. The number of hydrogen-bond donors (Lipinski definition) is 2. The van der Waals surface area contributed by atoms with Gasteiger partial charge in [0.2, 0.25) is 0 Å². The molecule has 0 spiro atoms. The van der Waals surface area contributed by atoms with E-state index in [4.69, 9.17) is 5.11 Å². The van der Waals surface area contributed by atoms with Crippen molar-refractivity contribution in [3.8, 4) is 11.8 Å². The SMILES string of the molecule is CN1CCN(NS(=O)(=O)c2ccc(C#CCO)cc2)CC1. The Hall–Kier alpha value is -1.43. The molecular formula is C14H19N3O3S. The third-order valence-electron chi connectivity index (χ3n) is 3.23. The summed E-state index contributed by atoms with van der Waals surface area (Å²) in [7, 11) is -1.54. The second-order valence-corrected chi connectivity index (χ2v) is 6.53. The summed E-state index contributed by atoms with van der Waals surface area (Å²) >= 11 is 0. The van der Waals surface area contributed by atoms with E-state index in [2.05, 4.69) is 21.6 Å². The predicted molar refractivity (Wildman–Crippen MR) is 79.8 cm³/mol. The van der Waals surface area contributed by atoms with Crippen molar-refractivity contribution in [3.63, 3.8) is 0 Å². The minimum absolute atomic E-state index is 0.205. The van der Waals surface area contributed by atoms with Gasteiger partial charge in [-0.05, 0) is 31.3 Å². The van der Waals surface area contributed by atoms with E-state index in [1.165, 1.54) is 12.1 Å². The highest BCUT2D eigenvalue weighted by molar-refractivity contribution is 7.89. The largest absolute Gasteiger partial charge is 0.384 e. The highest BCUT2D eigenvalue weighted by atomic mass is 32.2. The van der Waals surface area contributed by atoms with E-state index in [0.29, 0.717) is 18.7 Å². The van der Waals surface area contributed by atoms with Gasteiger partial charge in [-0.25, -0.2) is 13.4 Å². The molecule has 6 nitrogen and oxygen atoms in total. The molecule has 1 aromatic rings. The number of likely N-dealkylation sites (N-methyl/N-ethyl adjacent to an activating group) is 1. The Morgan fingerprint density at radius 3 is 2.38 bits per heavy atom. The maximum absolute atomic E-state index is 12.3. The van der Waals surface area contributed by atoms with Gasteiger partial charge in [0.25, 0.3) is 10.0 Å². The first kappa shape index (κ1) is 15.9. The molecule has 0 atom stereocenters. The highest BCUT2D eigenvalue weighted by Crippen LogP contribution is 2.11. The first-order valence-electron chi connectivity index (χ1n) is 6.67. The predicted octanol–water partition coefficient (Wildman–Crippen LogP) is -0.529. The molecule has 114 valence electrons. The number of nitrogens with zero attached hydrogens (tertiary/aromatic N) is 2. The number of nitrogens with one attached hydrogen (secondary N) is 1. The third kappa shape index (κ3) is 4.52. The number of hydrazine groups is 1. The van der Waals surface area contributed by atoms with Gasteiger partial charge in [0.15, 0.2) is 0 Å². The van der Waals surface area contributed by atoms with Gasteiger partial charge < -0.3 is 10.0 Å². The lowest BCUT2D eigenvalue weighted by Gasteiger charge is -2.32. The van der Waals surface area contributed by atoms with E-state index in [1.54, 1.807) is 17.1 Å². The minimum Gasteiger partial charge on any atom is -0.384 e. The van der Waals surface area contributed by atoms with Crippen LogP contribution in [0, 0.1) is 11.8 Å². The van der Waals surface area contributed by atoms with Crippen molar-refractivity contribution in [2.24, 2.45) is 0 Å². The lowest BCUT2D eigenvalue weighted by atomic mass is 10.2. The van der Waals surface area contributed by atoms with Gasteiger partial charge in [-0.15, -0.1) is 4.83 Å². The maximum atomic E-state index is 12.3. The van der Waals surface area contributed by atoms with Crippen LogP contribution < -0.4 is 4.83 Å². The van der Waals surface area contributed by atoms with E-state index >= 15 is 0 Å². The Balaban J connectivity index is 2.05. The van der Waals surface area contributed by atoms with Crippen molar-refractivity contribution < 1.29 is 13.5 Å². The van der Waals surface area contributed by atoms with Crippen LogP contribution in [0.3, 0.4) is 0 Å². The van der Waals surface area contributed by atoms with Gasteiger partial charge in [0.05, 0.1) is 4.90 Å². The average Bonchev–Trinajstić information content (AvgIpc) is 2.48. The zero-order chi connectivity index (χ0) is 15.3. The van der Waals surface area contributed by atoms with E-state index in [1.807, 2.05) is 7.05 Å². The monoisotopic (exact) mass is 309 g/mol. The summed E-state index contributed by atoms with van der Waals surface area (Å²) in [4.78, 5) is 4.95. The molecule has 0 amide bonds. The Kier molecular flexibility index (Phi) is 5.33. The van der Waals surface area contributed by atoms with Gasteiger partial charge in [0.1, 0.15) is 6.61 Å². The standard InChI is InChI=1S/C14H19N3O3S/c1-16-8-10-17(11-9-16)15-21(19,20)14-6-4-13(5-7-14)3-2-12-18/h4-7,15,18H,8-12H2,1H3. The molecule has 1 aromatic carbocycles. The lowest BCUT2D eigenvalue weighted by Crippen LogP contribution is -2.52. The second kappa shape index (κ2) is 7.02. The van der Waals surface area contributed by atoms with Crippen molar-refractivity contribution >= 4 is 10.0 Å². The summed E-state index contributed by atoms with van der Waals surface area (Å²) in [5.74, 6) is 5.25. The van der Waals surface area contributed by atoms with Crippen molar-refractivity contribution in [1.29, 1.82) is 0 Å². The van der Waals surface area contributed by atoms with Crippen molar-refractivity contribution in [1.82, 2.24) is 14.7 Å². The van der Waals surface area contributed by atoms with E-state index in [9.17, 15) is 8.42 Å². The van der Waals surface area contributed by atoms with Gasteiger partial charge in [0, 0.05) is 31.7 Å². The summed E-state index contributed by atoms with van der Waals surface area (Å²) in [5.41, 5.74) is 0.669. The van der Waals surface area contributed by atoms with Crippen molar-refractivity contribution in [3.05, 3.63) is 29.8 Å². The zero-order valence-electron chi connectivity index (χ0n) is 11.9. The van der Waals surface area contributed by atoms with Crippen molar-refractivity contribution in [2.45, 2.75) is 4.90 Å². The quantitative estimate of drug-likeness (QED) is 0.735. The van der Waals surface area contributed by atoms with Gasteiger partial charge in [-0.3, -0.25) is 0 Å². The molecule has 0 radical (unpaired) electrons. The average molecular weight is 309 g/mol. The molecule has 0 unspecified atom stereocenters. The summed E-state index contributed by atoms with van der Waals surface area (Å²) in [6.45, 7) is 2.77. The van der Waals surface area contributed by atoms with Crippen LogP contribution in [-0.4, -0.2) is 63.3 Å². The van der Waals surface area contributed by atoms with Crippen LogP contribution >= 0.6 is 0 Å². The molecule has 1 fully saturated rings. The fourth-order valence-electron chi connectivity index (χ4n) is 1.98. The lowest BCUT2D eigenvalue weighted by molar-refractivity contribution is 0.135. The Labute approximate surface area is 125 Å². The van der Waals surface area contributed by atoms with Gasteiger partial charge in [-0.2, -0.15) is 0 Å². The molecule has 0 saturated carbocycles. The first-order chi connectivity index (χ1) is 10.0. The summed E-state index contributed by atoms with van der Waals surface area (Å²) in [5, 5.41) is 10.3. The number of aliphatic hydroxyl groups excluding tert-OH is 1. The van der Waals surface area contributed by atoms with E-state index in [-0.39, 0.29) is 11.5 Å². The number of sulfonamides is 1. The molecule has 1 aliphatic heterocycles. The van der Waals surface area contributed by atoms with Crippen LogP contribution in [0.25, 0.3) is 0 Å². The van der Waals surface area contributed by atoms with Crippen LogP contribution in [0.5, 0.6) is 0 Å². The number of hydrogen-bond acceptors (Lipinski definition) is 5. The van der Waals surface area contributed by atoms with Gasteiger partial charge in [-0.1, -0.05) is 11.8 Å². The Morgan fingerprint density at radius 1 is 1.19 bits per heavy atom. The third-order valence-corrected chi connectivity index (χ3v) is 4.62. The van der Waals surface area contributed by atoms with Crippen LogP contribution in [0.2, 0.25) is 0 Å². The van der Waals surface area contributed by atoms with Crippen LogP contribution in [0.4, 0.5) is 0 Å². The maximum Gasteiger partial charge on any atom is 0.253 e. The van der Waals surface area contributed by atoms with Crippen LogP contribution in [0.1, 0.15) is 5.56 Å². The fourth-order valence-corrected chi connectivity index (χ4v) is 3.10. The molecule has 1 heterocycles. The van der Waals surface area contributed by atoms with Crippen molar-refractivity contribution in [2.75, 3.05) is 39.8 Å². The summed E-state index contributed by atoms with van der Waals surface area (Å²) in [6.07, 6.45) is 0. The molecule has 2 rings (SSSR count). The molecule has 1 saturated heterocycles. The molecule has 2 N–H and O–H groups in total. The summed E-state index contributed by atoms with van der Waals surface area (Å²) in [6, 6.07) is 6.28. The molecule has 7 heteroatoms. The number of piperazine rings is 1. The molecule has 1 aliphatic rings.